The van der Waals surface area contributed by atoms with Gasteiger partial charge in [0.15, 0.2) is 0 Å². The number of hydrogen-bond acceptors (Lipinski definition) is 3. The Morgan fingerprint density at radius 1 is 1.28 bits per heavy atom. The maximum Gasteiger partial charge on any atom is 0.232 e. The smallest absolute Gasteiger partial charge is 0.232 e. The predicted octanol–water partition coefficient (Wildman–Crippen LogP) is 2.37. The first-order chi connectivity index (χ1) is 8.42. The lowest BCUT2D eigenvalue weighted by molar-refractivity contribution is -0.127. The number of likely N-dealkylation sites (tertiary alicyclic amines) is 1. The molecule has 4 nitrogen and oxygen atoms in total. The largest absolute Gasteiger partial charge is 0.342 e. The van der Waals surface area contributed by atoms with Crippen LogP contribution in [0.3, 0.4) is 0 Å². The molecule has 0 radical (unpaired) electrons. The topological polar surface area (TPSA) is 54.5 Å². The Kier molecular flexibility index (Phi) is 6.43. The van der Waals surface area contributed by atoms with Crippen molar-refractivity contribution in [2.24, 2.45) is 5.92 Å². The molecule has 0 aromatic heterocycles. The van der Waals surface area contributed by atoms with Crippen LogP contribution in [-0.4, -0.2) is 38.1 Å². The van der Waals surface area contributed by atoms with Crippen molar-refractivity contribution in [2.75, 3.05) is 18.8 Å². The first-order valence-corrected chi connectivity index (χ1v) is 9.10. The molecule has 0 aromatic carbocycles. The number of hydrogen-bond donors (Lipinski definition) is 0. The summed E-state index contributed by atoms with van der Waals surface area (Å²) in [7, 11) is 1.72. The van der Waals surface area contributed by atoms with Crippen molar-refractivity contribution >= 4 is 25.6 Å². The molecule has 1 rings (SSSR count). The van der Waals surface area contributed by atoms with Gasteiger partial charge in [-0.3, -0.25) is 4.79 Å². The summed E-state index contributed by atoms with van der Waals surface area (Å²) in [5, 5.41) is 0. The van der Waals surface area contributed by atoms with Gasteiger partial charge in [0.1, 0.15) is 0 Å². The van der Waals surface area contributed by atoms with Crippen LogP contribution in [0.1, 0.15) is 45.4 Å². The van der Waals surface area contributed by atoms with E-state index < -0.39 is 9.05 Å². The number of amides is 1. The van der Waals surface area contributed by atoms with Gasteiger partial charge in [0.2, 0.25) is 15.0 Å². The van der Waals surface area contributed by atoms with Crippen LogP contribution < -0.4 is 0 Å². The van der Waals surface area contributed by atoms with Crippen molar-refractivity contribution in [2.45, 2.75) is 45.4 Å². The van der Waals surface area contributed by atoms with E-state index in [0.717, 1.165) is 19.4 Å². The highest BCUT2D eigenvalue weighted by molar-refractivity contribution is 8.13. The molecule has 0 aromatic rings. The maximum absolute atomic E-state index is 11.7. The molecule has 1 aliphatic rings. The summed E-state index contributed by atoms with van der Waals surface area (Å²) in [6.45, 7) is 3.46. The summed E-state index contributed by atoms with van der Waals surface area (Å²) >= 11 is 0. The van der Waals surface area contributed by atoms with E-state index in [9.17, 15) is 13.2 Å². The first kappa shape index (κ1) is 15.8. The highest BCUT2D eigenvalue weighted by Gasteiger charge is 2.31. The van der Waals surface area contributed by atoms with Gasteiger partial charge >= 0.3 is 0 Å². The van der Waals surface area contributed by atoms with Crippen LogP contribution >= 0.6 is 10.7 Å². The third kappa shape index (κ3) is 6.05. The number of unbranched alkanes of at least 4 members (excludes halogenated alkanes) is 4. The lowest BCUT2D eigenvalue weighted by atomic mass is 10.1. The Morgan fingerprint density at radius 3 is 2.56 bits per heavy atom. The number of rotatable bonds is 8. The summed E-state index contributed by atoms with van der Waals surface area (Å²) in [6.07, 6.45) is 6.11. The fourth-order valence-corrected chi connectivity index (χ4v) is 3.69. The molecular weight excluding hydrogens is 274 g/mol. The van der Waals surface area contributed by atoms with E-state index >= 15 is 0 Å². The lowest BCUT2D eigenvalue weighted by Gasteiger charge is -2.16. The molecule has 6 heteroatoms. The second kappa shape index (κ2) is 7.34. The van der Waals surface area contributed by atoms with Gasteiger partial charge in [0.25, 0.3) is 0 Å². The van der Waals surface area contributed by atoms with Crippen molar-refractivity contribution in [1.29, 1.82) is 0 Å². The molecule has 1 amide bonds. The molecule has 106 valence electrons. The number of carbonyl (C=O) groups excluding carboxylic acids is 1. The number of halogens is 1. The van der Waals surface area contributed by atoms with E-state index in [4.69, 9.17) is 10.7 Å². The van der Waals surface area contributed by atoms with Gasteiger partial charge in [0, 0.05) is 36.1 Å². The van der Waals surface area contributed by atoms with E-state index in [1.807, 2.05) is 0 Å². The van der Waals surface area contributed by atoms with E-state index in [0.29, 0.717) is 13.0 Å². The molecule has 0 aliphatic carbocycles. The van der Waals surface area contributed by atoms with Gasteiger partial charge in [-0.2, -0.15) is 0 Å². The Bertz CT molecular complexity index is 370. The van der Waals surface area contributed by atoms with Gasteiger partial charge in [0.05, 0.1) is 5.75 Å². The Labute approximate surface area is 114 Å². The van der Waals surface area contributed by atoms with Crippen LogP contribution in [0, 0.1) is 5.92 Å². The highest BCUT2D eigenvalue weighted by Crippen LogP contribution is 2.21. The Balaban J connectivity index is 2.25. The maximum atomic E-state index is 11.7. The molecule has 1 saturated heterocycles. The standard InChI is InChI=1S/C12H22ClNO3S/c1-2-3-4-5-6-7-14-9-11(8-12(14)15)10-18(13,16)17/h11H,2-10H2,1H3. The predicted molar refractivity (Wildman–Crippen MR) is 73.1 cm³/mol. The van der Waals surface area contributed by atoms with Crippen LogP contribution in [0.25, 0.3) is 0 Å². The molecular formula is C12H22ClNO3S. The van der Waals surface area contributed by atoms with Crippen LogP contribution in [0.2, 0.25) is 0 Å². The fraction of sp³-hybridized carbons (Fsp3) is 0.917. The average Bonchev–Trinajstić information content (AvgIpc) is 2.56. The summed E-state index contributed by atoms with van der Waals surface area (Å²) in [5.74, 6) is -0.154. The molecule has 0 saturated carbocycles. The molecule has 1 aliphatic heterocycles. The van der Waals surface area contributed by atoms with Crippen LogP contribution in [0.5, 0.6) is 0 Å². The second-order valence-corrected chi connectivity index (χ2v) is 7.85. The molecule has 1 atom stereocenters. The van der Waals surface area contributed by atoms with E-state index in [1.165, 1.54) is 19.3 Å². The van der Waals surface area contributed by atoms with E-state index in [-0.39, 0.29) is 17.6 Å². The molecule has 1 unspecified atom stereocenters. The van der Waals surface area contributed by atoms with Gasteiger partial charge < -0.3 is 4.90 Å². The summed E-state index contributed by atoms with van der Waals surface area (Å²) in [5.41, 5.74) is 0. The lowest BCUT2D eigenvalue weighted by Crippen LogP contribution is -2.27. The molecule has 1 fully saturated rings. The molecule has 18 heavy (non-hydrogen) atoms. The zero-order valence-corrected chi connectivity index (χ0v) is 12.5. The van der Waals surface area contributed by atoms with Gasteiger partial charge in [-0.15, -0.1) is 0 Å². The minimum absolute atomic E-state index is 0.0656. The van der Waals surface area contributed by atoms with Gasteiger partial charge in [-0.1, -0.05) is 32.6 Å². The minimum Gasteiger partial charge on any atom is -0.342 e. The minimum atomic E-state index is -3.49. The summed E-state index contributed by atoms with van der Waals surface area (Å²) < 4.78 is 21.9. The van der Waals surface area contributed by atoms with Crippen molar-refractivity contribution in [1.82, 2.24) is 4.90 Å². The molecule has 0 spiro atoms. The van der Waals surface area contributed by atoms with Crippen molar-refractivity contribution < 1.29 is 13.2 Å². The quantitative estimate of drug-likeness (QED) is 0.510. The van der Waals surface area contributed by atoms with E-state index in [1.54, 1.807) is 4.90 Å². The fourth-order valence-electron chi connectivity index (χ4n) is 2.37. The monoisotopic (exact) mass is 295 g/mol. The zero-order valence-electron chi connectivity index (χ0n) is 10.9. The normalized spacial score (nSPS) is 20.7. The van der Waals surface area contributed by atoms with E-state index in [2.05, 4.69) is 6.92 Å². The summed E-state index contributed by atoms with van der Waals surface area (Å²) in [6, 6.07) is 0. The molecule has 0 bridgehead atoms. The van der Waals surface area contributed by atoms with Crippen molar-refractivity contribution in [3.05, 3.63) is 0 Å². The zero-order chi connectivity index (χ0) is 13.6. The third-order valence-corrected chi connectivity index (χ3v) is 4.51. The first-order valence-electron chi connectivity index (χ1n) is 6.62. The van der Waals surface area contributed by atoms with Gasteiger partial charge in [-0.25, -0.2) is 8.42 Å². The van der Waals surface area contributed by atoms with Crippen LogP contribution in [-0.2, 0) is 13.8 Å². The molecule has 1 heterocycles. The van der Waals surface area contributed by atoms with Crippen LogP contribution in [0.4, 0.5) is 0 Å². The molecule has 0 N–H and O–H groups in total. The van der Waals surface area contributed by atoms with Gasteiger partial charge in [-0.05, 0) is 6.42 Å². The number of carbonyl (C=O) groups is 1. The summed E-state index contributed by atoms with van der Waals surface area (Å²) in [4.78, 5) is 13.5. The SMILES string of the molecule is CCCCCCCN1CC(CS(=O)(=O)Cl)CC1=O. The van der Waals surface area contributed by atoms with Crippen molar-refractivity contribution in [3.8, 4) is 0 Å². The Hall–Kier alpha value is -0.290. The van der Waals surface area contributed by atoms with Crippen LogP contribution in [0.15, 0.2) is 0 Å². The number of nitrogens with zero attached hydrogens (tertiary/aromatic N) is 1. The third-order valence-electron chi connectivity index (χ3n) is 3.26. The Morgan fingerprint density at radius 2 is 1.94 bits per heavy atom. The highest BCUT2D eigenvalue weighted by atomic mass is 35.7. The average molecular weight is 296 g/mol. The second-order valence-electron chi connectivity index (χ2n) is 5.03. The van der Waals surface area contributed by atoms with Crippen molar-refractivity contribution in [3.63, 3.8) is 0 Å².